The Morgan fingerprint density at radius 2 is 1.82 bits per heavy atom. The van der Waals surface area contributed by atoms with Gasteiger partial charge in [-0.2, -0.15) is 0 Å². The molecule has 0 aromatic heterocycles. The van der Waals surface area contributed by atoms with Gasteiger partial charge < -0.3 is 5.32 Å². The summed E-state index contributed by atoms with van der Waals surface area (Å²) in [5.74, 6) is -2.47. The number of hydrogen-bond donors (Lipinski definition) is 1. The Labute approximate surface area is 102 Å². The maximum atomic E-state index is 12.8. The standard InChI is InChI=1S/C7H13F2N.C7H8/c1-10-6-4-2-3-5-7(6,8)9;1-7-5-3-2-4-6-7/h6,10H,2-5H2,1H3;2-6H,1H3. The average molecular weight is 241 g/mol. The Morgan fingerprint density at radius 1 is 1.18 bits per heavy atom. The van der Waals surface area contributed by atoms with Gasteiger partial charge in [0.15, 0.2) is 0 Å². The highest BCUT2D eigenvalue weighted by molar-refractivity contribution is 5.11. The van der Waals surface area contributed by atoms with Crippen molar-refractivity contribution in [2.75, 3.05) is 7.05 Å². The van der Waals surface area contributed by atoms with Crippen molar-refractivity contribution in [2.45, 2.75) is 44.6 Å². The highest BCUT2D eigenvalue weighted by atomic mass is 19.3. The van der Waals surface area contributed by atoms with E-state index in [2.05, 4.69) is 24.4 Å². The molecule has 0 heterocycles. The van der Waals surface area contributed by atoms with Crippen LogP contribution in [0.2, 0.25) is 0 Å². The molecule has 3 heteroatoms. The van der Waals surface area contributed by atoms with Crippen LogP contribution in [-0.2, 0) is 0 Å². The van der Waals surface area contributed by atoms with Gasteiger partial charge in [-0.15, -0.1) is 0 Å². The molecule has 17 heavy (non-hydrogen) atoms. The summed E-state index contributed by atoms with van der Waals surface area (Å²) in [6, 6.07) is 9.68. The molecule has 1 aromatic rings. The van der Waals surface area contributed by atoms with Crippen LogP contribution in [0.5, 0.6) is 0 Å². The second-order valence-electron chi connectivity index (χ2n) is 4.50. The summed E-state index contributed by atoms with van der Waals surface area (Å²) in [4.78, 5) is 0. The molecule has 1 aromatic carbocycles. The van der Waals surface area contributed by atoms with Crippen molar-refractivity contribution < 1.29 is 8.78 Å². The predicted octanol–water partition coefficient (Wildman–Crippen LogP) is 3.78. The molecule has 0 radical (unpaired) electrons. The molecule has 1 saturated carbocycles. The van der Waals surface area contributed by atoms with Gasteiger partial charge in [0.1, 0.15) is 0 Å². The molecular formula is C14H21F2N. The molecule has 0 bridgehead atoms. The topological polar surface area (TPSA) is 12.0 Å². The highest BCUT2D eigenvalue weighted by Gasteiger charge is 2.40. The minimum absolute atomic E-state index is 0.0541. The van der Waals surface area contributed by atoms with Gasteiger partial charge in [-0.25, -0.2) is 8.78 Å². The van der Waals surface area contributed by atoms with E-state index in [1.165, 1.54) is 5.56 Å². The Balaban J connectivity index is 0.000000181. The van der Waals surface area contributed by atoms with Crippen LogP contribution in [0.15, 0.2) is 30.3 Å². The fourth-order valence-corrected chi connectivity index (χ4v) is 1.98. The molecule has 96 valence electrons. The zero-order chi connectivity index (χ0) is 12.7. The monoisotopic (exact) mass is 241 g/mol. The van der Waals surface area contributed by atoms with Gasteiger partial charge in [0.05, 0.1) is 6.04 Å². The third kappa shape index (κ3) is 4.82. The van der Waals surface area contributed by atoms with E-state index in [-0.39, 0.29) is 6.42 Å². The lowest BCUT2D eigenvalue weighted by molar-refractivity contribution is -0.0612. The predicted molar refractivity (Wildman–Crippen MR) is 67.4 cm³/mol. The van der Waals surface area contributed by atoms with Gasteiger partial charge in [-0.1, -0.05) is 42.3 Å². The molecule has 1 aliphatic carbocycles. The molecule has 1 aliphatic rings. The van der Waals surface area contributed by atoms with Crippen molar-refractivity contribution >= 4 is 0 Å². The van der Waals surface area contributed by atoms with Crippen LogP contribution < -0.4 is 5.32 Å². The molecule has 1 fully saturated rings. The van der Waals surface area contributed by atoms with Gasteiger partial charge in [0.2, 0.25) is 0 Å². The fourth-order valence-electron chi connectivity index (χ4n) is 1.98. The van der Waals surface area contributed by atoms with Crippen molar-refractivity contribution in [3.05, 3.63) is 35.9 Å². The zero-order valence-corrected chi connectivity index (χ0v) is 10.5. The lowest BCUT2D eigenvalue weighted by Gasteiger charge is -2.30. The lowest BCUT2D eigenvalue weighted by Crippen LogP contribution is -2.45. The minimum Gasteiger partial charge on any atom is -0.312 e. The first-order chi connectivity index (χ1) is 8.06. The quantitative estimate of drug-likeness (QED) is 0.789. The average Bonchev–Trinajstić information content (AvgIpc) is 2.30. The van der Waals surface area contributed by atoms with Crippen molar-refractivity contribution in [3.63, 3.8) is 0 Å². The Morgan fingerprint density at radius 3 is 2.18 bits per heavy atom. The van der Waals surface area contributed by atoms with Crippen LogP contribution in [0.1, 0.15) is 31.2 Å². The molecule has 1 nitrogen and oxygen atoms in total. The first-order valence-electron chi connectivity index (χ1n) is 6.13. The van der Waals surface area contributed by atoms with Crippen LogP contribution in [0.3, 0.4) is 0 Å². The molecule has 1 unspecified atom stereocenters. The van der Waals surface area contributed by atoms with Crippen LogP contribution in [0.4, 0.5) is 8.78 Å². The third-order valence-corrected chi connectivity index (χ3v) is 3.05. The molecule has 2 rings (SSSR count). The second-order valence-corrected chi connectivity index (χ2v) is 4.50. The van der Waals surface area contributed by atoms with Gasteiger partial charge in [-0.3, -0.25) is 0 Å². The number of alkyl halides is 2. The van der Waals surface area contributed by atoms with Crippen LogP contribution in [0.25, 0.3) is 0 Å². The Kier molecular flexibility index (Phi) is 5.56. The summed E-state index contributed by atoms with van der Waals surface area (Å²) in [5.41, 5.74) is 1.32. The number of halogens is 2. The maximum absolute atomic E-state index is 12.8. The molecule has 0 spiro atoms. The van der Waals surface area contributed by atoms with Crippen LogP contribution in [-0.4, -0.2) is 19.0 Å². The van der Waals surface area contributed by atoms with Gasteiger partial charge in [0.25, 0.3) is 5.92 Å². The van der Waals surface area contributed by atoms with Gasteiger partial charge in [0, 0.05) is 6.42 Å². The van der Waals surface area contributed by atoms with Crippen LogP contribution in [0, 0.1) is 6.92 Å². The van der Waals surface area contributed by atoms with Crippen molar-refractivity contribution in [1.82, 2.24) is 5.32 Å². The number of aryl methyl sites for hydroxylation is 1. The zero-order valence-electron chi connectivity index (χ0n) is 10.5. The van der Waals surface area contributed by atoms with E-state index >= 15 is 0 Å². The Hall–Kier alpha value is -0.960. The summed E-state index contributed by atoms with van der Waals surface area (Å²) >= 11 is 0. The molecule has 0 saturated heterocycles. The summed E-state index contributed by atoms with van der Waals surface area (Å²) in [6.07, 6.45) is 2.27. The van der Waals surface area contributed by atoms with E-state index in [0.717, 1.165) is 6.42 Å². The number of nitrogens with one attached hydrogen (secondary N) is 1. The molecule has 1 N–H and O–H groups in total. The smallest absolute Gasteiger partial charge is 0.263 e. The maximum Gasteiger partial charge on any atom is 0.263 e. The Bertz CT molecular complexity index is 311. The van der Waals surface area contributed by atoms with Crippen molar-refractivity contribution in [3.8, 4) is 0 Å². The minimum atomic E-state index is -2.47. The van der Waals surface area contributed by atoms with E-state index in [4.69, 9.17) is 0 Å². The first-order valence-corrected chi connectivity index (χ1v) is 6.13. The second kappa shape index (κ2) is 6.70. The van der Waals surface area contributed by atoms with E-state index in [0.29, 0.717) is 12.8 Å². The van der Waals surface area contributed by atoms with E-state index in [1.807, 2.05) is 18.2 Å². The molecular weight excluding hydrogens is 220 g/mol. The number of rotatable bonds is 1. The molecule has 0 amide bonds. The van der Waals surface area contributed by atoms with Crippen LogP contribution >= 0.6 is 0 Å². The van der Waals surface area contributed by atoms with E-state index in [9.17, 15) is 8.78 Å². The van der Waals surface area contributed by atoms with Gasteiger partial charge >= 0.3 is 0 Å². The first kappa shape index (κ1) is 14.1. The summed E-state index contributed by atoms with van der Waals surface area (Å²) < 4.78 is 25.6. The number of hydrogen-bond acceptors (Lipinski definition) is 1. The highest BCUT2D eigenvalue weighted by Crippen LogP contribution is 2.32. The van der Waals surface area contributed by atoms with E-state index < -0.39 is 12.0 Å². The number of benzene rings is 1. The summed E-state index contributed by atoms with van der Waals surface area (Å²) in [5, 5.41) is 2.64. The third-order valence-electron chi connectivity index (χ3n) is 3.05. The molecule has 1 atom stereocenters. The summed E-state index contributed by atoms with van der Waals surface area (Å²) in [7, 11) is 1.60. The SMILES string of the molecule is CNC1CCCCC1(F)F.Cc1ccccc1. The fraction of sp³-hybridized carbons (Fsp3) is 0.571. The van der Waals surface area contributed by atoms with Crippen molar-refractivity contribution in [1.29, 1.82) is 0 Å². The lowest BCUT2D eigenvalue weighted by atomic mass is 9.92. The normalized spacial score (nSPS) is 22.5. The van der Waals surface area contributed by atoms with E-state index in [1.54, 1.807) is 7.05 Å². The van der Waals surface area contributed by atoms with Crippen molar-refractivity contribution in [2.24, 2.45) is 0 Å². The van der Waals surface area contributed by atoms with Gasteiger partial charge in [-0.05, 0) is 26.8 Å². The molecule has 0 aliphatic heterocycles. The summed E-state index contributed by atoms with van der Waals surface area (Å²) in [6.45, 7) is 2.08. The largest absolute Gasteiger partial charge is 0.312 e.